The Kier molecular flexibility index (Phi) is 6.88. The van der Waals surface area contributed by atoms with Gasteiger partial charge in [0.15, 0.2) is 0 Å². The van der Waals surface area contributed by atoms with E-state index in [0.717, 1.165) is 30.0 Å². The van der Waals surface area contributed by atoms with Gasteiger partial charge in [-0.25, -0.2) is 8.42 Å². The molecule has 0 radical (unpaired) electrons. The maximum Gasteiger partial charge on any atom is 0.150 e. The summed E-state index contributed by atoms with van der Waals surface area (Å²) in [5, 5.41) is 7.48. The highest BCUT2D eigenvalue weighted by Gasteiger charge is 2.17. The van der Waals surface area contributed by atoms with Crippen LogP contribution >= 0.6 is 11.5 Å². The Morgan fingerprint density at radius 3 is 2.63 bits per heavy atom. The van der Waals surface area contributed by atoms with Crippen LogP contribution in [-0.2, 0) is 9.84 Å². The monoisotopic (exact) mass is 305 g/mol. The fraction of sp³-hybridized carbons (Fsp3) is 0.833. The lowest BCUT2D eigenvalue weighted by Gasteiger charge is -2.17. The van der Waals surface area contributed by atoms with Gasteiger partial charge in [-0.15, -0.1) is 5.10 Å². The van der Waals surface area contributed by atoms with Crippen molar-refractivity contribution in [3.05, 3.63) is 10.6 Å². The Balaban J connectivity index is 2.59. The van der Waals surface area contributed by atoms with Gasteiger partial charge in [-0.3, -0.25) is 0 Å². The second-order valence-electron chi connectivity index (χ2n) is 4.61. The molecule has 0 aromatic carbocycles. The normalized spacial score (nSPS) is 13.6. The van der Waals surface area contributed by atoms with Gasteiger partial charge in [-0.1, -0.05) is 18.3 Å². The molecule has 0 amide bonds. The van der Waals surface area contributed by atoms with Crippen molar-refractivity contribution in [2.45, 2.75) is 46.1 Å². The third kappa shape index (κ3) is 5.54. The zero-order valence-corrected chi connectivity index (χ0v) is 13.5. The molecule has 0 aliphatic heterocycles. The first-order chi connectivity index (χ1) is 9.00. The standard InChI is InChI=1S/C12H23N3O2S2/c1-4-8-13-11(12-10(3)14-15-18-12)7-6-9-19(16,17)5-2/h11,13H,4-9H2,1-3H3. The largest absolute Gasteiger partial charge is 0.309 e. The lowest BCUT2D eigenvalue weighted by atomic mass is 10.1. The van der Waals surface area contributed by atoms with Gasteiger partial charge >= 0.3 is 0 Å². The lowest BCUT2D eigenvalue weighted by molar-refractivity contribution is 0.496. The first-order valence-corrected chi connectivity index (χ1v) is 9.32. The number of rotatable bonds is 9. The number of aryl methyl sites for hydroxylation is 1. The summed E-state index contributed by atoms with van der Waals surface area (Å²) >= 11 is 1.40. The van der Waals surface area contributed by atoms with Crippen LogP contribution in [0.5, 0.6) is 0 Å². The summed E-state index contributed by atoms with van der Waals surface area (Å²) in [6.45, 7) is 6.67. The molecule has 0 fully saturated rings. The smallest absolute Gasteiger partial charge is 0.150 e. The Labute approximate surface area is 119 Å². The molecule has 7 heteroatoms. The summed E-state index contributed by atoms with van der Waals surface area (Å²) in [7, 11) is -2.87. The summed E-state index contributed by atoms with van der Waals surface area (Å²) in [6, 6.07) is 0.173. The van der Waals surface area contributed by atoms with E-state index < -0.39 is 9.84 Å². The van der Waals surface area contributed by atoms with Gasteiger partial charge in [-0.05, 0) is 44.3 Å². The van der Waals surface area contributed by atoms with Crippen molar-refractivity contribution in [2.24, 2.45) is 0 Å². The van der Waals surface area contributed by atoms with Crippen molar-refractivity contribution in [2.75, 3.05) is 18.1 Å². The number of aromatic nitrogens is 2. The molecule has 1 N–H and O–H groups in total. The molecule has 19 heavy (non-hydrogen) atoms. The molecule has 1 aromatic heterocycles. The third-order valence-electron chi connectivity index (χ3n) is 3.03. The molecule has 5 nitrogen and oxygen atoms in total. The van der Waals surface area contributed by atoms with Crippen LogP contribution in [0.25, 0.3) is 0 Å². The Bertz CT molecular complexity index is 471. The van der Waals surface area contributed by atoms with Crippen molar-refractivity contribution in [1.29, 1.82) is 0 Å². The molecule has 1 atom stereocenters. The molecule has 0 aliphatic carbocycles. The first kappa shape index (κ1) is 16.5. The maximum atomic E-state index is 11.5. The fourth-order valence-electron chi connectivity index (χ4n) is 1.85. The minimum Gasteiger partial charge on any atom is -0.309 e. The summed E-state index contributed by atoms with van der Waals surface area (Å²) in [4.78, 5) is 1.13. The highest BCUT2D eigenvalue weighted by molar-refractivity contribution is 7.91. The highest BCUT2D eigenvalue weighted by Crippen LogP contribution is 2.24. The fourth-order valence-corrected chi connectivity index (χ4v) is 3.50. The van der Waals surface area contributed by atoms with E-state index in [4.69, 9.17) is 0 Å². The van der Waals surface area contributed by atoms with Gasteiger partial charge in [0.2, 0.25) is 0 Å². The molecule has 1 heterocycles. The Morgan fingerprint density at radius 2 is 2.11 bits per heavy atom. The molecule has 0 saturated heterocycles. The lowest BCUT2D eigenvalue weighted by Crippen LogP contribution is -2.23. The van der Waals surface area contributed by atoms with Crippen LogP contribution in [0, 0.1) is 6.92 Å². The summed E-state index contributed by atoms with van der Waals surface area (Å²) < 4.78 is 27.0. The Hall–Kier alpha value is -0.530. The van der Waals surface area contributed by atoms with E-state index in [1.165, 1.54) is 11.5 Å². The quantitative estimate of drug-likeness (QED) is 0.756. The molecule has 0 saturated carbocycles. The molecular weight excluding hydrogens is 282 g/mol. The van der Waals surface area contributed by atoms with Crippen molar-refractivity contribution >= 4 is 21.4 Å². The third-order valence-corrected chi connectivity index (χ3v) is 5.76. The van der Waals surface area contributed by atoms with Crippen LogP contribution in [0.15, 0.2) is 0 Å². The minimum absolute atomic E-state index is 0.173. The number of nitrogens with zero attached hydrogens (tertiary/aromatic N) is 2. The average molecular weight is 305 g/mol. The predicted octanol–water partition coefficient (Wildman–Crippen LogP) is 2.10. The van der Waals surface area contributed by atoms with E-state index in [0.29, 0.717) is 6.42 Å². The molecule has 1 aromatic rings. The van der Waals surface area contributed by atoms with Crippen LogP contribution in [0.4, 0.5) is 0 Å². The average Bonchev–Trinajstić information content (AvgIpc) is 2.80. The zero-order chi connectivity index (χ0) is 14.3. The van der Waals surface area contributed by atoms with Gasteiger partial charge in [0.05, 0.1) is 16.3 Å². The SMILES string of the molecule is CCCNC(CCCS(=O)(=O)CC)c1snnc1C. The van der Waals surface area contributed by atoms with Gasteiger partial charge in [0, 0.05) is 11.8 Å². The molecule has 1 rings (SSSR count). The summed E-state index contributed by atoms with van der Waals surface area (Å²) in [5.41, 5.74) is 0.942. The Morgan fingerprint density at radius 1 is 1.37 bits per heavy atom. The van der Waals surface area contributed by atoms with Gasteiger partial charge in [-0.2, -0.15) is 0 Å². The zero-order valence-electron chi connectivity index (χ0n) is 11.8. The number of hydrogen-bond donors (Lipinski definition) is 1. The molecule has 0 bridgehead atoms. The van der Waals surface area contributed by atoms with E-state index in [1.54, 1.807) is 6.92 Å². The highest BCUT2D eigenvalue weighted by atomic mass is 32.2. The van der Waals surface area contributed by atoms with Crippen LogP contribution in [-0.4, -0.2) is 36.1 Å². The maximum absolute atomic E-state index is 11.5. The van der Waals surface area contributed by atoms with Crippen LogP contribution in [0.3, 0.4) is 0 Å². The summed E-state index contributed by atoms with van der Waals surface area (Å²) in [6.07, 6.45) is 2.54. The molecule has 0 spiro atoms. The molecule has 1 unspecified atom stereocenters. The topological polar surface area (TPSA) is 72.0 Å². The predicted molar refractivity (Wildman–Crippen MR) is 79.2 cm³/mol. The van der Waals surface area contributed by atoms with E-state index >= 15 is 0 Å². The summed E-state index contributed by atoms with van der Waals surface area (Å²) in [5.74, 6) is 0.486. The van der Waals surface area contributed by atoms with Crippen molar-refractivity contribution < 1.29 is 8.42 Å². The van der Waals surface area contributed by atoms with E-state index in [2.05, 4.69) is 21.8 Å². The minimum atomic E-state index is -2.87. The van der Waals surface area contributed by atoms with Gasteiger partial charge in [0.1, 0.15) is 9.84 Å². The first-order valence-electron chi connectivity index (χ1n) is 6.72. The van der Waals surface area contributed by atoms with Crippen LogP contribution < -0.4 is 5.32 Å². The number of sulfone groups is 1. The van der Waals surface area contributed by atoms with Crippen LogP contribution in [0.2, 0.25) is 0 Å². The van der Waals surface area contributed by atoms with Gasteiger partial charge < -0.3 is 5.32 Å². The van der Waals surface area contributed by atoms with Crippen molar-refractivity contribution in [3.63, 3.8) is 0 Å². The molecule has 0 aliphatic rings. The second kappa shape index (κ2) is 7.91. The van der Waals surface area contributed by atoms with Crippen molar-refractivity contribution in [3.8, 4) is 0 Å². The van der Waals surface area contributed by atoms with E-state index in [1.807, 2.05) is 6.92 Å². The number of hydrogen-bond acceptors (Lipinski definition) is 6. The number of nitrogens with one attached hydrogen (secondary N) is 1. The van der Waals surface area contributed by atoms with Crippen LogP contribution in [0.1, 0.15) is 49.7 Å². The second-order valence-corrected chi connectivity index (χ2v) is 7.87. The van der Waals surface area contributed by atoms with Crippen molar-refractivity contribution in [1.82, 2.24) is 14.9 Å². The molecule has 110 valence electrons. The van der Waals surface area contributed by atoms with Gasteiger partial charge in [0.25, 0.3) is 0 Å². The van der Waals surface area contributed by atoms with E-state index in [-0.39, 0.29) is 17.5 Å². The van der Waals surface area contributed by atoms with E-state index in [9.17, 15) is 8.42 Å². The molecular formula is C12H23N3O2S2.